The molecule has 2 N–H and O–H groups in total. The Balaban J connectivity index is 1.54. The number of fused-ring (bicyclic) bond motifs is 1. The first kappa shape index (κ1) is 14.9. The van der Waals surface area contributed by atoms with Crippen molar-refractivity contribution < 1.29 is 14.1 Å². The van der Waals surface area contributed by atoms with Crippen LogP contribution in [0.5, 0.6) is 5.88 Å². The van der Waals surface area contributed by atoms with Crippen LogP contribution in [0.15, 0.2) is 53.3 Å². The van der Waals surface area contributed by atoms with Crippen molar-refractivity contribution in [2.24, 2.45) is 0 Å². The highest BCUT2D eigenvalue weighted by Gasteiger charge is 2.14. The van der Waals surface area contributed by atoms with Crippen LogP contribution < -0.4 is 10.1 Å². The lowest BCUT2D eigenvalue weighted by Crippen LogP contribution is -2.12. The summed E-state index contributed by atoms with van der Waals surface area (Å²) in [7, 11) is 1.53. The van der Waals surface area contributed by atoms with Gasteiger partial charge in [-0.1, -0.05) is 5.16 Å². The van der Waals surface area contributed by atoms with E-state index in [0.717, 1.165) is 16.5 Å². The molecule has 0 unspecified atom stereocenters. The zero-order chi connectivity index (χ0) is 17.2. The second kappa shape index (κ2) is 6.08. The minimum absolute atomic E-state index is 0.179. The summed E-state index contributed by atoms with van der Waals surface area (Å²) in [5.41, 5.74) is 2.45. The Labute approximate surface area is 141 Å². The maximum absolute atomic E-state index is 12.3. The van der Waals surface area contributed by atoms with E-state index in [1.165, 1.54) is 13.3 Å². The molecule has 0 radical (unpaired) electrons. The van der Waals surface area contributed by atoms with Gasteiger partial charge in [-0.25, -0.2) is 4.98 Å². The molecule has 0 bridgehead atoms. The molecule has 25 heavy (non-hydrogen) atoms. The quantitative estimate of drug-likeness (QED) is 0.594. The fourth-order valence-corrected chi connectivity index (χ4v) is 2.38. The van der Waals surface area contributed by atoms with Gasteiger partial charge in [-0.05, 0) is 24.3 Å². The fourth-order valence-electron chi connectivity index (χ4n) is 2.38. The molecule has 3 heterocycles. The lowest BCUT2D eigenvalue weighted by atomic mass is 10.1. The monoisotopic (exact) mass is 335 g/mol. The Morgan fingerprint density at radius 2 is 2.12 bits per heavy atom. The fraction of sp³-hybridized carbons (Fsp3) is 0.0588. The van der Waals surface area contributed by atoms with Crippen molar-refractivity contribution >= 4 is 22.5 Å². The van der Waals surface area contributed by atoms with Crippen molar-refractivity contribution in [1.29, 1.82) is 0 Å². The second-order valence-electron chi connectivity index (χ2n) is 5.29. The Bertz CT molecular complexity index is 1040. The number of hydrogen-bond acceptors (Lipinski definition) is 6. The third-order valence-electron chi connectivity index (χ3n) is 3.67. The molecule has 0 saturated carbocycles. The number of aromatic nitrogens is 4. The van der Waals surface area contributed by atoms with E-state index in [1.54, 1.807) is 24.4 Å². The van der Waals surface area contributed by atoms with E-state index in [9.17, 15) is 4.79 Å². The van der Waals surface area contributed by atoms with Crippen molar-refractivity contribution in [3.8, 4) is 17.2 Å². The summed E-state index contributed by atoms with van der Waals surface area (Å²) in [6.07, 6.45) is 3.23. The summed E-state index contributed by atoms with van der Waals surface area (Å²) in [5.74, 6) is 0.587. The summed E-state index contributed by atoms with van der Waals surface area (Å²) < 4.78 is 10.3. The van der Waals surface area contributed by atoms with E-state index < -0.39 is 0 Å². The van der Waals surface area contributed by atoms with Crippen molar-refractivity contribution in [3.63, 3.8) is 0 Å². The molecule has 1 amide bonds. The molecule has 0 fully saturated rings. The van der Waals surface area contributed by atoms with Crippen LogP contribution in [0.2, 0.25) is 0 Å². The Kier molecular flexibility index (Phi) is 3.62. The third-order valence-corrected chi connectivity index (χ3v) is 3.67. The number of nitrogens with zero attached hydrogens (tertiary/aromatic N) is 3. The van der Waals surface area contributed by atoms with Gasteiger partial charge >= 0.3 is 0 Å². The largest absolute Gasteiger partial charge is 0.481 e. The molecule has 0 aliphatic rings. The number of methoxy groups -OCH3 is 1. The minimum Gasteiger partial charge on any atom is -0.481 e. The predicted molar refractivity (Wildman–Crippen MR) is 90.3 cm³/mol. The lowest BCUT2D eigenvalue weighted by Gasteiger charge is -2.03. The number of benzene rings is 1. The van der Waals surface area contributed by atoms with Crippen molar-refractivity contribution in [1.82, 2.24) is 20.3 Å². The molecule has 1 aromatic carbocycles. The van der Waals surface area contributed by atoms with Crippen LogP contribution in [-0.2, 0) is 0 Å². The van der Waals surface area contributed by atoms with Crippen LogP contribution in [0, 0.1) is 0 Å². The number of pyridine rings is 1. The van der Waals surface area contributed by atoms with Crippen LogP contribution in [0.1, 0.15) is 10.5 Å². The average Bonchev–Trinajstić information content (AvgIpc) is 3.31. The maximum atomic E-state index is 12.3. The normalized spacial score (nSPS) is 10.8. The number of ether oxygens (including phenoxy) is 1. The van der Waals surface area contributed by atoms with Gasteiger partial charge in [0.25, 0.3) is 5.91 Å². The van der Waals surface area contributed by atoms with Gasteiger partial charge in [0.15, 0.2) is 11.5 Å². The summed E-state index contributed by atoms with van der Waals surface area (Å²) in [6, 6.07) is 10.6. The Morgan fingerprint density at radius 3 is 2.92 bits per heavy atom. The summed E-state index contributed by atoms with van der Waals surface area (Å²) in [4.78, 5) is 16.3. The molecule has 4 aromatic rings. The molecule has 3 aromatic heterocycles. The molecular weight excluding hydrogens is 322 g/mol. The predicted octanol–water partition coefficient (Wildman–Crippen LogP) is 2.87. The van der Waals surface area contributed by atoms with E-state index in [1.807, 2.05) is 18.2 Å². The van der Waals surface area contributed by atoms with Gasteiger partial charge in [0.1, 0.15) is 0 Å². The van der Waals surface area contributed by atoms with Gasteiger partial charge in [0.2, 0.25) is 5.88 Å². The van der Waals surface area contributed by atoms with Gasteiger partial charge in [-0.2, -0.15) is 5.10 Å². The number of nitrogens with one attached hydrogen (secondary N) is 2. The van der Waals surface area contributed by atoms with Crippen molar-refractivity contribution in [2.75, 3.05) is 12.4 Å². The smallest absolute Gasteiger partial charge is 0.277 e. The van der Waals surface area contributed by atoms with E-state index in [-0.39, 0.29) is 11.6 Å². The number of amides is 1. The molecule has 124 valence electrons. The molecular formula is C17H13N5O3. The standard InChI is InChI=1S/C17H13N5O3/c1-24-16-5-3-12(9-18-16)20-17(23)14-7-15(25-22-14)10-2-4-13-11(6-10)8-19-21-13/h2-9H,1H3,(H,19,21)(H,20,23). The van der Waals surface area contributed by atoms with Crippen molar-refractivity contribution in [2.45, 2.75) is 0 Å². The summed E-state index contributed by atoms with van der Waals surface area (Å²) in [6.45, 7) is 0. The molecule has 0 aliphatic carbocycles. The van der Waals surface area contributed by atoms with Crippen LogP contribution in [0.25, 0.3) is 22.2 Å². The zero-order valence-electron chi connectivity index (χ0n) is 13.2. The van der Waals surface area contributed by atoms with Gasteiger partial charge in [-0.3, -0.25) is 9.89 Å². The van der Waals surface area contributed by atoms with E-state index in [0.29, 0.717) is 17.3 Å². The number of anilines is 1. The first-order valence-electron chi connectivity index (χ1n) is 7.44. The number of hydrogen-bond donors (Lipinski definition) is 2. The number of H-pyrrole nitrogens is 1. The van der Waals surface area contributed by atoms with Crippen LogP contribution in [-0.4, -0.2) is 33.4 Å². The first-order valence-corrected chi connectivity index (χ1v) is 7.44. The lowest BCUT2D eigenvalue weighted by molar-refractivity contribution is 0.101. The van der Waals surface area contributed by atoms with Gasteiger partial charge in [-0.15, -0.1) is 0 Å². The summed E-state index contributed by atoms with van der Waals surface area (Å²) in [5, 5.41) is 14.3. The highest BCUT2D eigenvalue weighted by molar-refractivity contribution is 6.03. The Morgan fingerprint density at radius 1 is 1.20 bits per heavy atom. The molecule has 0 aliphatic heterocycles. The molecule has 0 saturated heterocycles. The SMILES string of the molecule is COc1ccc(NC(=O)c2cc(-c3ccc4[nH]ncc4c3)on2)cn1. The Hall–Kier alpha value is -3.68. The van der Waals surface area contributed by atoms with E-state index in [4.69, 9.17) is 9.26 Å². The maximum Gasteiger partial charge on any atom is 0.277 e. The number of aromatic amines is 1. The number of rotatable bonds is 4. The first-order chi connectivity index (χ1) is 12.2. The topological polar surface area (TPSA) is 106 Å². The zero-order valence-corrected chi connectivity index (χ0v) is 13.2. The molecule has 0 spiro atoms. The van der Waals surface area contributed by atoms with Crippen LogP contribution in [0.3, 0.4) is 0 Å². The summed E-state index contributed by atoms with van der Waals surface area (Å²) >= 11 is 0. The minimum atomic E-state index is -0.383. The van der Waals surface area contributed by atoms with Crippen molar-refractivity contribution in [3.05, 3.63) is 54.5 Å². The highest BCUT2D eigenvalue weighted by atomic mass is 16.5. The molecule has 4 rings (SSSR count). The second-order valence-corrected chi connectivity index (χ2v) is 5.29. The van der Waals surface area contributed by atoms with Crippen LogP contribution >= 0.6 is 0 Å². The molecule has 8 heteroatoms. The third kappa shape index (κ3) is 2.92. The number of carbonyl (C=O) groups excluding carboxylic acids is 1. The number of carbonyl (C=O) groups is 1. The van der Waals surface area contributed by atoms with Crippen LogP contribution in [0.4, 0.5) is 5.69 Å². The van der Waals surface area contributed by atoms with Gasteiger partial charge < -0.3 is 14.6 Å². The molecule has 0 atom stereocenters. The van der Waals surface area contributed by atoms with Gasteiger partial charge in [0, 0.05) is 23.1 Å². The average molecular weight is 335 g/mol. The highest BCUT2D eigenvalue weighted by Crippen LogP contribution is 2.24. The van der Waals surface area contributed by atoms with E-state index in [2.05, 4.69) is 25.7 Å². The van der Waals surface area contributed by atoms with Gasteiger partial charge in [0.05, 0.1) is 30.7 Å². The molecule has 8 nitrogen and oxygen atoms in total. The van der Waals surface area contributed by atoms with E-state index >= 15 is 0 Å².